The molecule has 4 nitrogen and oxygen atoms in total. The van der Waals surface area contributed by atoms with E-state index in [1.54, 1.807) is 0 Å². The first-order valence-electron chi connectivity index (χ1n) is 3.32. The average molecular weight is 154 g/mol. The van der Waals surface area contributed by atoms with Crippen molar-refractivity contribution in [3.8, 4) is 0 Å². The first kappa shape index (κ1) is 9.72. The summed E-state index contributed by atoms with van der Waals surface area (Å²) in [5.74, 6) is -0.253. The lowest BCUT2D eigenvalue weighted by Gasteiger charge is -1.95. The van der Waals surface area contributed by atoms with Crippen LogP contribution < -0.4 is 0 Å². The molecule has 0 aromatic carbocycles. The van der Waals surface area contributed by atoms with Gasteiger partial charge in [-0.3, -0.25) is 9.59 Å². The number of hydrogen-bond donors (Lipinski definition) is 0. The van der Waals surface area contributed by atoms with E-state index >= 15 is 0 Å². The van der Waals surface area contributed by atoms with Crippen LogP contribution in [0.5, 0.6) is 0 Å². The Balaban J connectivity index is 4.24. The van der Waals surface area contributed by atoms with Gasteiger partial charge in [0.25, 0.3) is 0 Å². The molecule has 60 valence electrons. The second-order valence-electron chi connectivity index (χ2n) is 2.62. The van der Waals surface area contributed by atoms with Gasteiger partial charge in [-0.05, 0) is 5.92 Å². The van der Waals surface area contributed by atoms with Gasteiger partial charge in [0, 0.05) is 6.42 Å². The van der Waals surface area contributed by atoms with E-state index in [-0.39, 0.29) is 18.6 Å². The van der Waals surface area contributed by atoms with E-state index < -0.39 is 11.5 Å². The largest absolute Gasteiger partial charge is 0.396 e. The van der Waals surface area contributed by atoms with Crippen LogP contribution in [0.15, 0.2) is 0 Å². The highest BCUT2D eigenvalue weighted by Crippen LogP contribution is 1.99. The molecule has 0 aliphatic rings. The van der Waals surface area contributed by atoms with Gasteiger partial charge in [0.2, 0.25) is 12.1 Å². The number of carbonyl (C=O) groups is 2. The topological polar surface area (TPSA) is 70.5 Å². The summed E-state index contributed by atoms with van der Waals surface area (Å²) in [6.45, 7) is 3.69. The van der Waals surface area contributed by atoms with Crippen molar-refractivity contribution < 1.29 is 14.4 Å². The molecular formula is C7H10N2O2. The Morgan fingerprint density at radius 1 is 1.64 bits per heavy atom. The van der Waals surface area contributed by atoms with Crippen molar-refractivity contribution in [2.24, 2.45) is 5.92 Å². The number of nitrogens with zero attached hydrogens (tertiary/aromatic N) is 2. The standard InChI is InChI=1S/C7H10N2O2/c1-5(2)3-7(11)6(4-10)9-8/h4-5H,3H2,1-2H3. The van der Waals surface area contributed by atoms with Crippen LogP contribution in [0.25, 0.3) is 5.53 Å². The molecule has 0 aliphatic heterocycles. The van der Waals surface area contributed by atoms with E-state index in [9.17, 15) is 9.59 Å². The quantitative estimate of drug-likeness (QED) is 0.194. The minimum Gasteiger partial charge on any atom is -0.360 e. The first-order valence-corrected chi connectivity index (χ1v) is 3.32. The van der Waals surface area contributed by atoms with Gasteiger partial charge in [-0.15, -0.1) is 0 Å². The van der Waals surface area contributed by atoms with E-state index in [1.165, 1.54) is 0 Å². The lowest BCUT2D eigenvalue weighted by atomic mass is 10.0. The smallest absolute Gasteiger partial charge is 0.360 e. The van der Waals surface area contributed by atoms with Crippen molar-refractivity contribution in [3.05, 3.63) is 5.53 Å². The number of carbonyl (C=O) groups excluding carboxylic acids is 2. The second kappa shape index (κ2) is 4.52. The summed E-state index contributed by atoms with van der Waals surface area (Å²) >= 11 is 0. The molecule has 0 rings (SSSR count). The fourth-order valence-corrected chi connectivity index (χ4v) is 0.620. The molecule has 0 aliphatic carbocycles. The molecule has 0 unspecified atom stereocenters. The number of hydrogen-bond acceptors (Lipinski definition) is 2. The minimum absolute atomic E-state index is 0.166. The maximum absolute atomic E-state index is 10.9. The lowest BCUT2D eigenvalue weighted by Crippen LogP contribution is -2.18. The Labute approximate surface area is 64.8 Å². The van der Waals surface area contributed by atoms with Crippen LogP contribution in [0, 0.1) is 5.92 Å². The van der Waals surface area contributed by atoms with Gasteiger partial charge in [0.1, 0.15) is 0 Å². The summed E-state index contributed by atoms with van der Waals surface area (Å²) in [6, 6.07) is 0. The number of rotatable bonds is 4. The Bertz CT molecular complexity index is 214. The Morgan fingerprint density at radius 2 is 2.18 bits per heavy atom. The SMILES string of the molecule is CC(C)CC(=O)C(C=O)=[N+]=[N-]. The zero-order valence-corrected chi connectivity index (χ0v) is 6.57. The fourth-order valence-electron chi connectivity index (χ4n) is 0.620. The van der Waals surface area contributed by atoms with Gasteiger partial charge in [-0.2, -0.15) is 4.79 Å². The molecule has 0 spiro atoms. The highest BCUT2D eigenvalue weighted by atomic mass is 16.1. The molecule has 0 amide bonds. The van der Waals surface area contributed by atoms with Crippen LogP contribution in [-0.4, -0.2) is 22.6 Å². The van der Waals surface area contributed by atoms with E-state index in [4.69, 9.17) is 5.53 Å². The zero-order chi connectivity index (χ0) is 8.85. The van der Waals surface area contributed by atoms with Gasteiger partial charge in [0.05, 0.1) is 0 Å². The summed E-state index contributed by atoms with van der Waals surface area (Å²) in [4.78, 5) is 23.5. The highest BCUT2D eigenvalue weighted by Gasteiger charge is 2.19. The third-order valence-electron chi connectivity index (χ3n) is 1.10. The van der Waals surface area contributed by atoms with Crippen molar-refractivity contribution in [3.63, 3.8) is 0 Å². The summed E-state index contributed by atoms with van der Waals surface area (Å²) < 4.78 is 0. The van der Waals surface area contributed by atoms with Gasteiger partial charge < -0.3 is 5.53 Å². The van der Waals surface area contributed by atoms with Gasteiger partial charge in [-0.1, -0.05) is 13.8 Å². The first-order chi connectivity index (χ1) is 5.11. The van der Waals surface area contributed by atoms with Crippen LogP contribution in [0.3, 0.4) is 0 Å². The zero-order valence-electron chi connectivity index (χ0n) is 6.57. The fraction of sp³-hybridized carbons (Fsp3) is 0.571. The molecule has 0 atom stereocenters. The van der Waals surface area contributed by atoms with Crippen LogP contribution in [0.1, 0.15) is 20.3 Å². The molecule has 0 radical (unpaired) electrons. The predicted molar refractivity (Wildman–Crippen MR) is 39.2 cm³/mol. The summed E-state index contributed by atoms with van der Waals surface area (Å²) in [7, 11) is 0. The van der Waals surface area contributed by atoms with Crippen LogP contribution in [0.2, 0.25) is 0 Å². The molecule has 0 saturated carbocycles. The maximum atomic E-state index is 10.9. The number of ketones is 1. The molecule has 0 aromatic rings. The second-order valence-corrected chi connectivity index (χ2v) is 2.62. The Morgan fingerprint density at radius 3 is 2.45 bits per heavy atom. The van der Waals surface area contributed by atoms with E-state index in [2.05, 4.69) is 4.79 Å². The molecular weight excluding hydrogens is 144 g/mol. The van der Waals surface area contributed by atoms with E-state index in [0.29, 0.717) is 0 Å². The third-order valence-corrected chi connectivity index (χ3v) is 1.10. The van der Waals surface area contributed by atoms with Gasteiger partial charge in [0.15, 0.2) is 0 Å². The van der Waals surface area contributed by atoms with Gasteiger partial charge in [-0.25, -0.2) is 0 Å². The molecule has 0 heterocycles. The van der Waals surface area contributed by atoms with E-state index in [0.717, 1.165) is 0 Å². The molecule has 4 heteroatoms. The summed E-state index contributed by atoms with van der Waals surface area (Å²) in [5, 5.41) is 0. The average Bonchev–Trinajstić information content (AvgIpc) is 1.88. The van der Waals surface area contributed by atoms with Crippen molar-refractivity contribution in [1.29, 1.82) is 0 Å². The van der Waals surface area contributed by atoms with Gasteiger partial charge >= 0.3 is 5.71 Å². The molecule has 0 bridgehead atoms. The van der Waals surface area contributed by atoms with E-state index in [1.807, 2.05) is 13.8 Å². The Hall–Kier alpha value is -1.28. The molecule has 11 heavy (non-hydrogen) atoms. The normalized spacial score (nSPS) is 9.00. The monoisotopic (exact) mass is 154 g/mol. The molecule has 0 saturated heterocycles. The maximum Gasteiger partial charge on any atom is 0.396 e. The third kappa shape index (κ3) is 3.43. The van der Waals surface area contributed by atoms with Crippen LogP contribution in [0.4, 0.5) is 0 Å². The minimum atomic E-state index is -0.419. The molecule has 0 N–H and O–H groups in total. The number of aldehydes is 1. The lowest BCUT2D eigenvalue weighted by molar-refractivity contribution is -0.120. The number of Topliss-reactive ketones (excluding diaryl/α,β-unsaturated/α-hetero) is 1. The highest BCUT2D eigenvalue weighted by molar-refractivity contribution is 6.58. The van der Waals surface area contributed by atoms with Crippen LogP contribution in [-0.2, 0) is 9.59 Å². The Kier molecular flexibility index (Phi) is 4.00. The van der Waals surface area contributed by atoms with Crippen molar-refractivity contribution in [2.45, 2.75) is 20.3 Å². The predicted octanol–water partition coefficient (Wildman–Crippen LogP) is 0.471. The molecule has 0 fully saturated rings. The van der Waals surface area contributed by atoms with Crippen molar-refractivity contribution in [1.82, 2.24) is 0 Å². The van der Waals surface area contributed by atoms with Crippen molar-refractivity contribution in [2.75, 3.05) is 0 Å². The van der Waals surface area contributed by atoms with Crippen LogP contribution >= 0.6 is 0 Å². The van der Waals surface area contributed by atoms with Crippen molar-refractivity contribution >= 4 is 17.8 Å². The molecule has 0 aromatic heterocycles. The summed E-state index contributed by atoms with van der Waals surface area (Å²) in [6.07, 6.45) is 0.489. The summed E-state index contributed by atoms with van der Waals surface area (Å²) in [5.41, 5.74) is 7.74.